The quantitative estimate of drug-likeness (QED) is 0.404. The Morgan fingerprint density at radius 1 is 1.29 bits per heavy atom. The van der Waals surface area contributed by atoms with Crippen molar-refractivity contribution in [3.05, 3.63) is 11.1 Å². The third-order valence-electron chi connectivity index (χ3n) is 2.31. The number of ether oxygens (including phenoxy) is 2. The van der Waals surface area contributed by atoms with Crippen LogP contribution in [0.1, 0.15) is 33.6 Å². The van der Waals surface area contributed by atoms with Crippen molar-refractivity contribution in [3.8, 4) is 0 Å². The van der Waals surface area contributed by atoms with Crippen LogP contribution in [-0.4, -0.2) is 35.9 Å². The molecule has 0 spiro atoms. The van der Waals surface area contributed by atoms with E-state index in [1.807, 2.05) is 20.8 Å². The number of alkyl halides is 1. The van der Waals surface area contributed by atoms with Crippen molar-refractivity contribution < 1.29 is 19.4 Å². The molecule has 0 rings (SSSR count). The molecule has 5 heteroatoms. The molecular formula is C12H21BrO4. The fourth-order valence-corrected chi connectivity index (χ4v) is 1.77. The standard InChI is InChI=1S/C12H21BrO4/c1-4-16-11(17-5-2)7-6-10(12(14)15)9(3)8-13/h11H,4-8H2,1-3H3,(H,14,15)/b10-9-. The summed E-state index contributed by atoms with van der Waals surface area (Å²) in [6, 6.07) is 0. The number of carboxylic acids is 1. The van der Waals surface area contributed by atoms with E-state index in [2.05, 4.69) is 15.9 Å². The van der Waals surface area contributed by atoms with E-state index in [0.717, 1.165) is 5.57 Å². The minimum atomic E-state index is -0.867. The van der Waals surface area contributed by atoms with Gasteiger partial charge in [0.15, 0.2) is 6.29 Å². The van der Waals surface area contributed by atoms with Crippen LogP contribution in [0.2, 0.25) is 0 Å². The maximum atomic E-state index is 11.1. The van der Waals surface area contributed by atoms with Gasteiger partial charge in [0.2, 0.25) is 0 Å². The fourth-order valence-electron chi connectivity index (χ4n) is 1.43. The summed E-state index contributed by atoms with van der Waals surface area (Å²) in [7, 11) is 0. The van der Waals surface area contributed by atoms with E-state index in [1.165, 1.54) is 0 Å². The third kappa shape index (κ3) is 6.81. The maximum Gasteiger partial charge on any atom is 0.331 e. The second kappa shape index (κ2) is 9.62. The predicted octanol–water partition coefficient (Wildman–Crippen LogP) is 2.96. The van der Waals surface area contributed by atoms with Crippen LogP contribution in [0.5, 0.6) is 0 Å². The lowest BCUT2D eigenvalue weighted by atomic mass is 10.1. The van der Waals surface area contributed by atoms with Gasteiger partial charge in [-0.05, 0) is 27.2 Å². The first-order chi connectivity index (χ1) is 8.06. The zero-order valence-corrected chi connectivity index (χ0v) is 12.2. The van der Waals surface area contributed by atoms with Gasteiger partial charge in [-0.3, -0.25) is 0 Å². The van der Waals surface area contributed by atoms with Gasteiger partial charge in [0, 0.05) is 30.5 Å². The van der Waals surface area contributed by atoms with Gasteiger partial charge in [-0.2, -0.15) is 0 Å². The van der Waals surface area contributed by atoms with E-state index in [4.69, 9.17) is 14.6 Å². The zero-order valence-electron chi connectivity index (χ0n) is 10.7. The van der Waals surface area contributed by atoms with Crippen LogP contribution in [0.4, 0.5) is 0 Å². The van der Waals surface area contributed by atoms with E-state index in [9.17, 15) is 4.79 Å². The predicted molar refractivity (Wildman–Crippen MR) is 70.4 cm³/mol. The molecule has 0 aliphatic heterocycles. The average molecular weight is 309 g/mol. The van der Waals surface area contributed by atoms with Crippen molar-refractivity contribution in [1.82, 2.24) is 0 Å². The van der Waals surface area contributed by atoms with Gasteiger partial charge in [-0.25, -0.2) is 4.79 Å². The fraction of sp³-hybridized carbons (Fsp3) is 0.750. The summed E-state index contributed by atoms with van der Waals surface area (Å²) in [5, 5.41) is 9.66. The Balaban J connectivity index is 4.42. The molecule has 0 amide bonds. The van der Waals surface area contributed by atoms with Gasteiger partial charge in [0.1, 0.15) is 0 Å². The molecule has 0 saturated heterocycles. The van der Waals surface area contributed by atoms with Crippen LogP contribution in [0, 0.1) is 0 Å². The number of allylic oxidation sites excluding steroid dienone is 1. The molecule has 0 aromatic rings. The average Bonchev–Trinajstić information content (AvgIpc) is 2.28. The number of carboxylic acid groups (broad SMARTS) is 1. The molecule has 0 radical (unpaired) electrons. The van der Waals surface area contributed by atoms with Crippen LogP contribution in [-0.2, 0) is 14.3 Å². The van der Waals surface area contributed by atoms with Gasteiger partial charge in [-0.1, -0.05) is 21.5 Å². The number of aliphatic carboxylic acids is 1. The number of rotatable bonds is 9. The molecule has 0 atom stereocenters. The van der Waals surface area contributed by atoms with Crippen molar-refractivity contribution in [2.75, 3.05) is 18.5 Å². The molecule has 0 saturated carbocycles. The minimum Gasteiger partial charge on any atom is -0.478 e. The highest BCUT2D eigenvalue weighted by molar-refractivity contribution is 9.09. The lowest BCUT2D eigenvalue weighted by Crippen LogP contribution is -2.18. The monoisotopic (exact) mass is 308 g/mol. The molecule has 0 aliphatic carbocycles. The molecular weight excluding hydrogens is 288 g/mol. The number of hydrogen-bond acceptors (Lipinski definition) is 3. The zero-order chi connectivity index (χ0) is 13.3. The summed E-state index contributed by atoms with van der Waals surface area (Å²) < 4.78 is 10.8. The van der Waals surface area contributed by atoms with Gasteiger partial charge in [0.25, 0.3) is 0 Å². The molecule has 0 fully saturated rings. The van der Waals surface area contributed by atoms with Crippen molar-refractivity contribution in [2.45, 2.75) is 39.9 Å². The summed E-state index contributed by atoms with van der Waals surface area (Å²) in [5.74, 6) is -0.867. The summed E-state index contributed by atoms with van der Waals surface area (Å²) in [4.78, 5) is 11.1. The van der Waals surface area contributed by atoms with E-state index in [1.54, 1.807) is 0 Å². The number of carbonyl (C=O) groups is 1. The van der Waals surface area contributed by atoms with E-state index >= 15 is 0 Å². The first-order valence-electron chi connectivity index (χ1n) is 5.77. The van der Waals surface area contributed by atoms with Crippen molar-refractivity contribution in [2.24, 2.45) is 0 Å². The Labute approximate surface area is 111 Å². The molecule has 0 aromatic heterocycles. The van der Waals surface area contributed by atoms with Gasteiger partial charge in [-0.15, -0.1) is 0 Å². The van der Waals surface area contributed by atoms with E-state index < -0.39 is 5.97 Å². The third-order valence-corrected chi connectivity index (χ3v) is 3.15. The van der Waals surface area contributed by atoms with Gasteiger partial charge < -0.3 is 14.6 Å². The first-order valence-corrected chi connectivity index (χ1v) is 6.89. The van der Waals surface area contributed by atoms with Crippen molar-refractivity contribution >= 4 is 21.9 Å². The van der Waals surface area contributed by atoms with Crippen LogP contribution in [0.15, 0.2) is 11.1 Å². The summed E-state index contributed by atoms with van der Waals surface area (Å²) in [6.07, 6.45) is 0.702. The van der Waals surface area contributed by atoms with Gasteiger partial charge in [0.05, 0.1) is 0 Å². The van der Waals surface area contributed by atoms with Gasteiger partial charge >= 0.3 is 5.97 Å². The topological polar surface area (TPSA) is 55.8 Å². The second-order valence-corrected chi connectivity index (χ2v) is 4.14. The molecule has 100 valence electrons. The van der Waals surface area contributed by atoms with Crippen LogP contribution >= 0.6 is 15.9 Å². The Hall–Kier alpha value is -0.390. The molecule has 0 unspecified atom stereocenters. The summed E-state index contributed by atoms with van der Waals surface area (Å²) in [6.45, 7) is 6.73. The molecule has 0 aromatic carbocycles. The Kier molecular flexibility index (Phi) is 9.40. The highest BCUT2D eigenvalue weighted by atomic mass is 79.9. The smallest absolute Gasteiger partial charge is 0.331 e. The molecule has 17 heavy (non-hydrogen) atoms. The highest BCUT2D eigenvalue weighted by Gasteiger charge is 2.15. The summed E-state index contributed by atoms with van der Waals surface area (Å²) in [5.41, 5.74) is 1.27. The normalized spacial score (nSPS) is 12.8. The SMILES string of the molecule is CCOC(CC/C(C(=O)O)=C(\C)CBr)OCC. The molecule has 4 nitrogen and oxygen atoms in total. The molecule has 0 heterocycles. The summed E-state index contributed by atoms with van der Waals surface area (Å²) >= 11 is 3.27. The van der Waals surface area contributed by atoms with Crippen molar-refractivity contribution in [1.29, 1.82) is 0 Å². The van der Waals surface area contributed by atoms with Crippen LogP contribution in [0.3, 0.4) is 0 Å². The lowest BCUT2D eigenvalue weighted by Gasteiger charge is -2.17. The van der Waals surface area contributed by atoms with Crippen LogP contribution in [0.25, 0.3) is 0 Å². The van der Waals surface area contributed by atoms with Crippen molar-refractivity contribution in [3.63, 3.8) is 0 Å². The minimum absolute atomic E-state index is 0.317. The Morgan fingerprint density at radius 2 is 1.82 bits per heavy atom. The number of hydrogen-bond donors (Lipinski definition) is 1. The number of halogens is 1. The first kappa shape index (κ1) is 16.6. The van der Waals surface area contributed by atoms with E-state index in [-0.39, 0.29) is 6.29 Å². The molecule has 0 bridgehead atoms. The van der Waals surface area contributed by atoms with Crippen LogP contribution < -0.4 is 0 Å². The maximum absolute atomic E-state index is 11.1. The van der Waals surface area contributed by atoms with E-state index in [0.29, 0.717) is 37.0 Å². The Morgan fingerprint density at radius 3 is 2.18 bits per heavy atom. The Bertz CT molecular complexity index is 257. The molecule has 1 N–H and O–H groups in total. The lowest BCUT2D eigenvalue weighted by molar-refractivity contribution is -0.140. The highest BCUT2D eigenvalue weighted by Crippen LogP contribution is 2.16. The molecule has 0 aliphatic rings. The largest absolute Gasteiger partial charge is 0.478 e. The second-order valence-electron chi connectivity index (χ2n) is 3.58.